The van der Waals surface area contributed by atoms with Crippen LogP contribution in [0.25, 0.3) is 0 Å². The van der Waals surface area contributed by atoms with E-state index in [0.29, 0.717) is 35.8 Å². The summed E-state index contributed by atoms with van der Waals surface area (Å²) in [6.45, 7) is 2.82. The quantitative estimate of drug-likeness (QED) is 0.737. The maximum Gasteiger partial charge on any atom is 0.346 e. The lowest BCUT2D eigenvalue weighted by atomic mass is 10.0. The Morgan fingerprint density at radius 1 is 1.30 bits per heavy atom. The van der Waals surface area contributed by atoms with Crippen molar-refractivity contribution in [1.29, 1.82) is 0 Å². The Kier molecular flexibility index (Phi) is 3.96. The summed E-state index contributed by atoms with van der Waals surface area (Å²) in [6, 6.07) is 6.77. The molecule has 23 heavy (non-hydrogen) atoms. The first-order valence-electron chi connectivity index (χ1n) is 7.21. The van der Waals surface area contributed by atoms with E-state index in [1.54, 1.807) is 36.1 Å². The molecule has 6 nitrogen and oxygen atoms in total. The Morgan fingerprint density at radius 3 is 2.65 bits per heavy atom. The number of fused-ring (bicyclic) bond motifs is 1. The predicted octanol–water partition coefficient (Wildman–Crippen LogP) is 2.93. The van der Waals surface area contributed by atoms with Crippen molar-refractivity contribution in [3.05, 3.63) is 45.1 Å². The van der Waals surface area contributed by atoms with Crippen LogP contribution in [0, 0.1) is 6.92 Å². The molecule has 0 radical (unpaired) electrons. The number of aromatic carboxylic acids is 1. The number of carboxylic acids is 1. The Labute approximate surface area is 137 Å². The highest BCUT2D eigenvalue weighted by molar-refractivity contribution is 7.14. The Balaban J connectivity index is 1.75. The zero-order chi connectivity index (χ0) is 16.6. The van der Waals surface area contributed by atoms with Gasteiger partial charge in [-0.25, -0.2) is 9.59 Å². The van der Waals surface area contributed by atoms with Gasteiger partial charge < -0.3 is 21.1 Å². The van der Waals surface area contributed by atoms with Crippen LogP contribution in [0.5, 0.6) is 0 Å². The fraction of sp³-hybridized carbons (Fsp3) is 0.250. The second kappa shape index (κ2) is 5.92. The van der Waals surface area contributed by atoms with E-state index in [-0.39, 0.29) is 6.03 Å². The standard InChI is InChI=1S/C16H17N3O3S/c1-9-12-8-19(7-6-13(12)23-14(9)15(20)21)16(22)18-11-4-2-10(17)3-5-11/h2-5H,6-8,17H2,1H3,(H,18,22)(H,20,21). The van der Waals surface area contributed by atoms with Crippen LogP contribution in [0.3, 0.4) is 0 Å². The van der Waals surface area contributed by atoms with Gasteiger partial charge in [0.05, 0.1) is 0 Å². The van der Waals surface area contributed by atoms with Crippen molar-refractivity contribution in [3.63, 3.8) is 0 Å². The van der Waals surface area contributed by atoms with Gasteiger partial charge in [-0.2, -0.15) is 0 Å². The number of nitrogens with two attached hydrogens (primary N) is 1. The maximum absolute atomic E-state index is 12.4. The molecule has 1 aliphatic heterocycles. The Bertz CT molecular complexity index is 768. The van der Waals surface area contributed by atoms with Crippen LogP contribution >= 0.6 is 11.3 Å². The van der Waals surface area contributed by atoms with Gasteiger partial charge in [-0.3, -0.25) is 0 Å². The van der Waals surface area contributed by atoms with Crippen LogP contribution in [0.4, 0.5) is 16.2 Å². The van der Waals surface area contributed by atoms with E-state index in [9.17, 15) is 14.7 Å². The lowest BCUT2D eigenvalue weighted by Crippen LogP contribution is -2.38. The van der Waals surface area contributed by atoms with Crippen LogP contribution < -0.4 is 11.1 Å². The van der Waals surface area contributed by atoms with Crippen molar-refractivity contribution >= 4 is 34.7 Å². The lowest BCUT2D eigenvalue weighted by molar-refractivity contribution is 0.0701. The van der Waals surface area contributed by atoms with Crippen molar-refractivity contribution in [3.8, 4) is 0 Å². The zero-order valence-corrected chi connectivity index (χ0v) is 13.4. The lowest BCUT2D eigenvalue weighted by Gasteiger charge is -2.27. The number of nitrogen functional groups attached to an aromatic ring is 1. The number of nitrogens with zero attached hydrogens (tertiary/aromatic N) is 1. The topological polar surface area (TPSA) is 95.7 Å². The van der Waals surface area contributed by atoms with Gasteiger partial charge in [0, 0.05) is 29.3 Å². The number of rotatable bonds is 2. The fourth-order valence-corrected chi connectivity index (χ4v) is 3.81. The number of hydrogen-bond donors (Lipinski definition) is 3. The number of benzene rings is 1. The zero-order valence-electron chi connectivity index (χ0n) is 12.6. The average Bonchev–Trinajstić information content (AvgIpc) is 2.86. The number of carbonyl (C=O) groups excluding carboxylic acids is 1. The summed E-state index contributed by atoms with van der Waals surface area (Å²) >= 11 is 1.32. The number of carboxylic acid groups (broad SMARTS) is 1. The minimum absolute atomic E-state index is 0.192. The third-order valence-corrected chi connectivity index (χ3v) is 5.34. The third kappa shape index (κ3) is 3.00. The molecular formula is C16H17N3O3S. The number of hydrogen-bond acceptors (Lipinski definition) is 4. The first-order valence-corrected chi connectivity index (χ1v) is 8.03. The summed E-state index contributed by atoms with van der Waals surface area (Å²) in [6.07, 6.45) is 0.684. The summed E-state index contributed by atoms with van der Waals surface area (Å²) in [4.78, 5) is 26.8. The summed E-state index contributed by atoms with van der Waals surface area (Å²) in [5, 5.41) is 12.1. The van der Waals surface area contributed by atoms with Crippen molar-refractivity contribution in [1.82, 2.24) is 4.90 Å². The van der Waals surface area contributed by atoms with Crippen LogP contribution in [0.2, 0.25) is 0 Å². The molecule has 0 unspecified atom stereocenters. The fourth-order valence-electron chi connectivity index (χ4n) is 2.67. The second-order valence-corrected chi connectivity index (χ2v) is 6.59. The predicted molar refractivity (Wildman–Crippen MR) is 90.0 cm³/mol. The van der Waals surface area contributed by atoms with Crippen molar-refractivity contribution in [2.75, 3.05) is 17.6 Å². The smallest absolute Gasteiger partial charge is 0.346 e. The van der Waals surface area contributed by atoms with E-state index in [0.717, 1.165) is 16.0 Å². The van der Waals surface area contributed by atoms with Gasteiger partial charge in [0.1, 0.15) is 4.88 Å². The molecule has 120 valence electrons. The third-order valence-electron chi connectivity index (χ3n) is 3.96. The van der Waals surface area contributed by atoms with Gasteiger partial charge in [-0.1, -0.05) is 0 Å². The molecule has 0 saturated carbocycles. The van der Waals surface area contributed by atoms with Gasteiger partial charge >= 0.3 is 12.0 Å². The minimum Gasteiger partial charge on any atom is -0.477 e. The monoisotopic (exact) mass is 331 g/mol. The van der Waals surface area contributed by atoms with Crippen LogP contribution in [-0.4, -0.2) is 28.6 Å². The molecule has 1 aromatic heterocycles. The molecule has 3 rings (SSSR count). The molecule has 2 aromatic rings. The number of amides is 2. The van der Waals surface area contributed by atoms with Crippen molar-refractivity contribution < 1.29 is 14.7 Å². The largest absolute Gasteiger partial charge is 0.477 e. The molecule has 1 aliphatic rings. The highest BCUT2D eigenvalue weighted by Crippen LogP contribution is 2.32. The van der Waals surface area contributed by atoms with Crippen molar-refractivity contribution in [2.24, 2.45) is 0 Å². The van der Waals surface area contributed by atoms with E-state index in [1.165, 1.54) is 11.3 Å². The molecule has 0 bridgehead atoms. The van der Waals surface area contributed by atoms with Crippen LogP contribution in [0.15, 0.2) is 24.3 Å². The van der Waals surface area contributed by atoms with Gasteiger partial charge in [-0.15, -0.1) is 11.3 Å². The average molecular weight is 331 g/mol. The second-order valence-electron chi connectivity index (χ2n) is 5.49. The van der Waals surface area contributed by atoms with E-state index in [1.807, 2.05) is 0 Å². The minimum atomic E-state index is -0.903. The molecule has 2 heterocycles. The van der Waals surface area contributed by atoms with Crippen LogP contribution in [0.1, 0.15) is 25.7 Å². The Morgan fingerprint density at radius 2 is 2.00 bits per heavy atom. The molecule has 0 spiro atoms. The van der Waals surface area contributed by atoms with Gasteiger partial charge in [0.25, 0.3) is 0 Å². The molecular weight excluding hydrogens is 314 g/mol. The molecule has 7 heteroatoms. The Hall–Kier alpha value is -2.54. The molecule has 1 aromatic carbocycles. The van der Waals surface area contributed by atoms with Gasteiger partial charge in [0.15, 0.2) is 0 Å². The van der Waals surface area contributed by atoms with E-state index in [2.05, 4.69) is 5.32 Å². The highest BCUT2D eigenvalue weighted by atomic mass is 32.1. The molecule has 0 aliphatic carbocycles. The summed E-state index contributed by atoms with van der Waals surface area (Å²) in [5.74, 6) is -0.903. The molecule has 2 amide bonds. The number of anilines is 2. The molecule has 0 atom stereocenters. The first kappa shape index (κ1) is 15.4. The number of urea groups is 1. The SMILES string of the molecule is Cc1c(C(=O)O)sc2c1CN(C(=O)Nc1ccc(N)cc1)CC2. The summed E-state index contributed by atoms with van der Waals surface area (Å²) in [7, 11) is 0. The van der Waals surface area contributed by atoms with Crippen LogP contribution in [-0.2, 0) is 13.0 Å². The number of carbonyl (C=O) groups is 2. The highest BCUT2D eigenvalue weighted by Gasteiger charge is 2.27. The maximum atomic E-state index is 12.4. The molecule has 0 saturated heterocycles. The number of thiophene rings is 1. The summed E-state index contributed by atoms with van der Waals surface area (Å²) in [5.41, 5.74) is 8.68. The van der Waals surface area contributed by atoms with E-state index in [4.69, 9.17) is 5.73 Å². The van der Waals surface area contributed by atoms with Crippen molar-refractivity contribution in [2.45, 2.75) is 19.9 Å². The summed E-state index contributed by atoms with van der Waals surface area (Å²) < 4.78 is 0. The molecule has 0 fully saturated rings. The number of nitrogens with one attached hydrogen (secondary N) is 1. The van der Waals surface area contributed by atoms with E-state index >= 15 is 0 Å². The first-order chi connectivity index (χ1) is 11.0. The normalized spacial score (nSPS) is 13.5. The van der Waals surface area contributed by atoms with Gasteiger partial charge in [0.2, 0.25) is 0 Å². The van der Waals surface area contributed by atoms with Gasteiger partial charge in [-0.05, 0) is 48.7 Å². The molecule has 4 N–H and O–H groups in total. The van der Waals surface area contributed by atoms with E-state index < -0.39 is 5.97 Å².